The third-order valence-corrected chi connectivity index (χ3v) is 3.17. The summed E-state index contributed by atoms with van der Waals surface area (Å²) in [6, 6.07) is 4.45. The van der Waals surface area contributed by atoms with E-state index in [0.717, 1.165) is 13.0 Å². The van der Waals surface area contributed by atoms with Crippen LogP contribution in [0, 0.1) is 0 Å². The lowest BCUT2D eigenvalue weighted by Gasteiger charge is -2.24. The average molecular weight is 271 g/mol. The first-order valence-electron chi connectivity index (χ1n) is 7.26. The zero-order chi connectivity index (χ0) is 14.8. The van der Waals surface area contributed by atoms with Crippen molar-refractivity contribution in [3.05, 3.63) is 53.4 Å². The molecule has 0 aromatic carbocycles. The molecule has 1 aromatic heterocycles. The lowest BCUT2D eigenvalue weighted by Crippen LogP contribution is -2.26. The number of nitrogens with zero attached hydrogens (tertiary/aromatic N) is 2. The first kappa shape index (κ1) is 16.3. The van der Waals surface area contributed by atoms with Crippen LogP contribution in [0.5, 0.6) is 0 Å². The summed E-state index contributed by atoms with van der Waals surface area (Å²) in [5, 5.41) is 3.50. The van der Waals surface area contributed by atoms with Gasteiger partial charge in [-0.1, -0.05) is 32.1 Å². The maximum atomic E-state index is 4.19. The van der Waals surface area contributed by atoms with E-state index in [2.05, 4.69) is 40.4 Å². The smallest absolute Gasteiger partial charge is 0.0378 e. The Morgan fingerprint density at radius 3 is 2.85 bits per heavy atom. The molecule has 20 heavy (non-hydrogen) atoms. The molecule has 0 spiro atoms. The van der Waals surface area contributed by atoms with E-state index in [9.17, 15) is 0 Å². The number of hydrogen-bond donors (Lipinski definition) is 1. The normalized spacial score (nSPS) is 19.3. The highest BCUT2D eigenvalue weighted by atomic mass is 14.9. The molecule has 1 N–H and O–H groups in total. The minimum atomic E-state index is 0.346. The molecule has 0 radical (unpaired) electrons. The highest BCUT2D eigenvalue weighted by Crippen LogP contribution is 2.27. The fourth-order valence-electron chi connectivity index (χ4n) is 2.24. The van der Waals surface area contributed by atoms with E-state index in [1.165, 1.54) is 16.7 Å². The molecule has 2 rings (SSSR count). The topological polar surface area (TPSA) is 37.3 Å². The lowest BCUT2D eigenvalue weighted by atomic mass is 9.92. The van der Waals surface area contributed by atoms with Crippen molar-refractivity contribution in [2.24, 2.45) is 4.99 Å². The molecule has 1 aliphatic heterocycles. The van der Waals surface area contributed by atoms with Crippen LogP contribution in [-0.4, -0.2) is 24.8 Å². The number of allylic oxidation sites excluding steroid dienone is 2. The summed E-state index contributed by atoms with van der Waals surface area (Å²) >= 11 is 0. The van der Waals surface area contributed by atoms with Crippen LogP contribution in [0.2, 0.25) is 0 Å². The number of hydrogen-bond acceptors (Lipinski definition) is 3. The van der Waals surface area contributed by atoms with E-state index >= 15 is 0 Å². The van der Waals surface area contributed by atoms with Gasteiger partial charge < -0.3 is 5.32 Å². The molecule has 2 heterocycles. The van der Waals surface area contributed by atoms with Gasteiger partial charge in [0.05, 0.1) is 0 Å². The maximum Gasteiger partial charge on any atom is 0.0378 e. The summed E-state index contributed by atoms with van der Waals surface area (Å²) in [5.74, 6) is 0. The molecule has 1 atom stereocenters. The van der Waals surface area contributed by atoms with E-state index in [1.54, 1.807) is 0 Å². The van der Waals surface area contributed by atoms with Crippen LogP contribution in [0.1, 0.15) is 38.8 Å². The van der Waals surface area contributed by atoms with Gasteiger partial charge in [0.2, 0.25) is 0 Å². The predicted octanol–water partition coefficient (Wildman–Crippen LogP) is 3.72. The van der Waals surface area contributed by atoms with E-state index in [4.69, 9.17) is 0 Å². The van der Waals surface area contributed by atoms with Crippen LogP contribution in [0.15, 0.2) is 52.8 Å². The molecule has 3 heteroatoms. The van der Waals surface area contributed by atoms with Crippen molar-refractivity contribution in [3.63, 3.8) is 0 Å². The van der Waals surface area contributed by atoms with Crippen molar-refractivity contribution in [1.82, 2.24) is 10.3 Å². The maximum absolute atomic E-state index is 4.19. The van der Waals surface area contributed by atoms with Gasteiger partial charge in [-0.05, 0) is 36.1 Å². The van der Waals surface area contributed by atoms with Gasteiger partial charge in [0.15, 0.2) is 0 Å². The van der Waals surface area contributed by atoms with Crippen LogP contribution >= 0.6 is 0 Å². The van der Waals surface area contributed by atoms with E-state index in [-0.39, 0.29) is 0 Å². The third kappa shape index (κ3) is 4.42. The molecular formula is C17H25N3. The Hall–Kier alpha value is -1.74. The first-order chi connectivity index (χ1) is 9.85. The Kier molecular flexibility index (Phi) is 7.51. The van der Waals surface area contributed by atoms with Crippen LogP contribution < -0.4 is 5.32 Å². The fourth-order valence-corrected chi connectivity index (χ4v) is 2.24. The second-order valence-electron chi connectivity index (χ2n) is 4.31. The SMILES string of the molecule is C/C=C(\C=NC)C1=CCNC(c2cccnc2)C1.CC. The number of aliphatic imine (C=N–C) groups is 1. The largest absolute Gasteiger partial charge is 0.306 e. The number of aromatic nitrogens is 1. The Labute approximate surface area is 122 Å². The number of rotatable bonds is 3. The van der Waals surface area contributed by atoms with E-state index in [0.29, 0.717) is 6.04 Å². The van der Waals surface area contributed by atoms with Gasteiger partial charge in [0.25, 0.3) is 0 Å². The molecule has 1 unspecified atom stereocenters. The van der Waals surface area contributed by atoms with E-state index < -0.39 is 0 Å². The highest BCUT2D eigenvalue weighted by molar-refractivity contribution is 5.84. The highest BCUT2D eigenvalue weighted by Gasteiger charge is 2.17. The van der Waals surface area contributed by atoms with Gasteiger partial charge in [0, 0.05) is 38.2 Å². The summed E-state index contributed by atoms with van der Waals surface area (Å²) in [6.45, 7) is 6.95. The molecule has 0 saturated heterocycles. The molecule has 0 bridgehead atoms. The molecule has 0 aliphatic carbocycles. The van der Waals surface area contributed by atoms with Gasteiger partial charge in [-0.15, -0.1) is 0 Å². The van der Waals surface area contributed by atoms with Crippen LogP contribution in [-0.2, 0) is 0 Å². The zero-order valence-corrected chi connectivity index (χ0v) is 12.9. The van der Waals surface area contributed by atoms with Crippen molar-refractivity contribution in [3.8, 4) is 0 Å². The third-order valence-electron chi connectivity index (χ3n) is 3.17. The van der Waals surface area contributed by atoms with Crippen LogP contribution in [0.4, 0.5) is 0 Å². The summed E-state index contributed by atoms with van der Waals surface area (Å²) in [6.07, 6.45) is 11.0. The Morgan fingerprint density at radius 1 is 1.45 bits per heavy atom. The van der Waals surface area contributed by atoms with Crippen molar-refractivity contribution < 1.29 is 0 Å². The molecule has 0 fully saturated rings. The second kappa shape index (κ2) is 9.21. The Morgan fingerprint density at radius 2 is 2.25 bits per heavy atom. The first-order valence-corrected chi connectivity index (χ1v) is 7.26. The summed E-state index contributed by atoms with van der Waals surface area (Å²) in [5.41, 5.74) is 3.82. The summed E-state index contributed by atoms with van der Waals surface area (Å²) in [4.78, 5) is 8.30. The van der Waals surface area contributed by atoms with Crippen molar-refractivity contribution in [1.29, 1.82) is 0 Å². The van der Waals surface area contributed by atoms with Crippen molar-refractivity contribution in [2.45, 2.75) is 33.2 Å². The van der Waals surface area contributed by atoms with Crippen molar-refractivity contribution >= 4 is 6.21 Å². The molecule has 0 amide bonds. The van der Waals surface area contributed by atoms with Gasteiger partial charge in [0.1, 0.15) is 0 Å². The molecule has 1 aromatic rings. The van der Waals surface area contributed by atoms with Gasteiger partial charge in [-0.25, -0.2) is 0 Å². The second-order valence-corrected chi connectivity index (χ2v) is 4.31. The standard InChI is InChI=1S/C15H19N3.C2H6/c1-3-12(10-16-2)13-6-8-18-15(9-13)14-5-4-7-17-11-14;1-2/h3-7,10-11,15,18H,8-9H2,1-2H3;1-2H3/b12-3+,16-10?;. The number of pyridine rings is 1. The molecule has 1 aliphatic rings. The summed E-state index contributed by atoms with van der Waals surface area (Å²) < 4.78 is 0. The molecule has 3 nitrogen and oxygen atoms in total. The van der Waals surface area contributed by atoms with Gasteiger partial charge in [-0.3, -0.25) is 9.98 Å². The van der Waals surface area contributed by atoms with Gasteiger partial charge >= 0.3 is 0 Å². The molecular weight excluding hydrogens is 246 g/mol. The Balaban J connectivity index is 0.000000956. The minimum absolute atomic E-state index is 0.346. The molecule has 108 valence electrons. The minimum Gasteiger partial charge on any atom is -0.306 e. The van der Waals surface area contributed by atoms with E-state index in [1.807, 2.05) is 45.6 Å². The average Bonchev–Trinajstić information content (AvgIpc) is 2.55. The van der Waals surface area contributed by atoms with Crippen LogP contribution in [0.25, 0.3) is 0 Å². The lowest BCUT2D eigenvalue weighted by molar-refractivity contribution is 0.541. The van der Waals surface area contributed by atoms with Crippen LogP contribution in [0.3, 0.4) is 0 Å². The predicted molar refractivity (Wildman–Crippen MR) is 87.2 cm³/mol. The fraction of sp³-hybridized carbons (Fsp3) is 0.412. The number of nitrogens with one attached hydrogen (secondary N) is 1. The zero-order valence-electron chi connectivity index (χ0n) is 12.9. The molecule has 0 saturated carbocycles. The quantitative estimate of drug-likeness (QED) is 0.851. The van der Waals surface area contributed by atoms with Crippen molar-refractivity contribution in [2.75, 3.05) is 13.6 Å². The van der Waals surface area contributed by atoms with Gasteiger partial charge in [-0.2, -0.15) is 0 Å². The summed E-state index contributed by atoms with van der Waals surface area (Å²) in [7, 11) is 1.81. The monoisotopic (exact) mass is 271 g/mol. The Bertz CT molecular complexity index is 472.